The SMILES string of the molecule is COc1cccc2c1nc(Cl)n2CC(C)C. The van der Waals surface area contributed by atoms with Crippen LogP contribution in [0.4, 0.5) is 0 Å². The fraction of sp³-hybridized carbons (Fsp3) is 0.417. The molecule has 0 amide bonds. The van der Waals surface area contributed by atoms with E-state index in [1.807, 2.05) is 22.8 Å². The van der Waals surface area contributed by atoms with Crippen LogP contribution in [0.3, 0.4) is 0 Å². The van der Waals surface area contributed by atoms with Crippen LogP contribution in [0.5, 0.6) is 5.75 Å². The first kappa shape index (κ1) is 11.3. The molecule has 0 radical (unpaired) electrons. The topological polar surface area (TPSA) is 27.1 Å². The summed E-state index contributed by atoms with van der Waals surface area (Å²) in [6.07, 6.45) is 0. The summed E-state index contributed by atoms with van der Waals surface area (Å²) in [7, 11) is 1.64. The molecule has 3 nitrogen and oxygen atoms in total. The van der Waals surface area contributed by atoms with Crippen LogP contribution in [0, 0.1) is 5.92 Å². The second-order valence-corrected chi connectivity index (χ2v) is 4.55. The van der Waals surface area contributed by atoms with Crippen molar-refractivity contribution in [2.75, 3.05) is 7.11 Å². The Morgan fingerprint density at radius 2 is 2.19 bits per heavy atom. The molecule has 0 spiro atoms. The molecule has 0 aliphatic carbocycles. The Hall–Kier alpha value is -1.22. The first-order valence-corrected chi connectivity index (χ1v) is 5.70. The van der Waals surface area contributed by atoms with E-state index in [0.717, 1.165) is 23.3 Å². The molecule has 0 unspecified atom stereocenters. The highest BCUT2D eigenvalue weighted by atomic mass is 35.5. The molecule has 16 heavy (non-hydrogen) atoms. The predicted octanol–water partition coefficient (Wildman–Crippen LogP) is 3.35. The van der Waals surface area contributed by atoms with Crippen molar-refractivity contribution in [1.29, 1.82) is 0 Å². The van der Waals surface area contributed by atoms with Gasteiger partial charge in [0.2, 0.25) is 5.28 Å². The second-order valence-electron chi connectivity index (χ2n) is 4.21. The molecule has 0 aliphatic heterocycles. The summed E-state index contributed by atoms with van der Waals surface area (Å²) < 4.78 is 7.28. The van der Waals surface area contributed by atoms with Crippen LogP contribution >= 0.6 is 11.6 Å². The van der Waals surface area contributed by atoms with E-state index >= 15 is 0 Å². The molecule has 0 saturated heterocycles. The summed E-state index contributed by atoms with van der Waals surface area (Å²) in [5.41, 5.74) is 1.86. The van der Waals surface area contributed by atoms with Gasteiger partial charge < -0.3 is 9.30 Å². The van der Waals surface area contributed by atoms with Gasteiger partial charge in [-0.15, -0.1) is 0 Å². The van der Waals surface area contributed by atoms with Crippen LogP contribution in [0.1, 0.15) is 13.8 Å². The standard InChI is InChI=1S/C12H15ClN2O/c1-8(2)7-15-9-5-4-6-10(16-3)11(9)14-12(15)13/h4-6,8H,7H2,1-3H3. The number of aromatic nitrogens is 2. The number of benzene rings is 1. The van der Waals surface area contributed by atoms with Gasteiger partial charge in [-0.05, 0) is 29.7 Å². The molecule has 2 aromatic rings. The Bertz CT molecular complexity index is 505. The van der Waals surface area contributed by atoms with E-state index in [1.54, 1.807) is 7.11 Å². The van der Waals surface area contributed by atoms with Gasteiger partial charge >= 0.3 is 0 Å². The van der Waals surface area contributed by atoms with Crippen LogP contribution in [-0.2, 0) is 6.54 Å². The molecule has 2 rings (SSSR count). The van der Waals surface area contributed by atoms with E-state index in [2.05, 4.69) is 18.8 Å². The van der Waals surface area contributed by atoms with Crippen molar-refractivity contribution in [1.82, 2.24) is 9.55 Å². The van der Waals surface area contributed by atoms with Crippen LogP contribution in [-0.4, -0.2) is 16.7 Å². The number of hydrogen-bond donors (Lipinski definition) is 0. The van der Waals surface area contributed by atoms with Crippen LogP contribution in [0.15, 0.2) is 18.2 Å². The minimum absolute atomic E-state index is 0.521. The van der Waals surface area contributed by atoms with E-state index in [1.165, 1.54) is 0 Å². The molecule has 0 saturated carbocycles. The summed E-state index contributed by atoms with van der Waals surface area (Å²) in [5.74, 6) is 1.29. The number of rotatable bonds is 3. The molecule has 0 atom stereocenters. The van der Waals surface area contributed by atoms with Gasteiger partial charge in [-0.2, -0.15) is 0 Å². The number of methoxy groups -OCH3 is 1. The first-order valence-electron chi connectivity index (χ1n) is 5.32. The van der Waals surface area contributed by atoms with Crippen LogP contribution < -0.4 is 4.74 Å². The summed E-state index contributed by atoms with van der Waals surface area (Å²) in [4.78, 5) is 4.34. The fourth-order valence-electron chi connectivity index (χ4n) is 1.80. The molecule has 4 heteroatoms. The lowest BCUT2D eigenvalue weighted by molar-refractivity contribution is 0.419. The zero-order chi connectivity index (χ0) is 11.7. The van der Waals surface area contributed by atoms with E-state index in [-0.39, 0.29) is 0 Å². The van der Waals surface area contributed by atoms with E-state index in [9.17, 15) is 0 Å². The number of nitrogens with zero attached hydrogens (tertiary/aromatic N) is 2. The molecule has 0 bridgehead atoms. The zero-order valence-corrected chi connectivity index (χ0v) is 10.5. The number of hydrogen-bond acceptors (Lipinski definition) is 2. The third-order valence-electron chi connectivity index (χ3n) is 2.46. The molecule has 86 valence electrons. The Morgan fingerprint density at radius 1 is 1.44 bits per heavy atom. The molecule has 1 aromatic heterocycles. The van der Waals surface area contributed by atoms with E-state index in [4.69, 9.17) is 16.3 Å². The monoisotopic (exact) mass is 238 g/mol. The third-order valence-corrected chi connectivity index (χ3v) is 2.75. The van der Waals surface area contributed by atoms with Gasteiger partial charge in [0, 0.05) is 6.54 Å². The Morgan fingerprint density at radius 3 is 2.81 bits per heavy atom. The van der Waals surface area contributed by atoms with Crippen LogP contribution in [0.2, 0.25) is 5.28 Å². The average molecular weight is 239 g/mol. The summed E-state index contributed by atoms with van der Waals surface area (Å²) >= 11 is 6.14. The summed E-state index contributed by atoms with van der Waals surface area (Å²) in [6, 6.07) is 5.86. The summed E-state index contributed by atoms with van der Waals surface area (Å²) in [5, 5.41) is 0.521. The van der Waals surface area contributed by atoms with Crippen molar-refractivity contribution in [3.63, 3.8) is 0 Å². The smallest absolute Gasteiger partial charge is 0.203 e. The van der Waals surface area contributed by atoms with Gasteiger partial charge in [-0.3, -0.25) is 0 Å². The zero-order valence-electron chi connectivity index (χ0n) is 9.70. The maximum Gasteiger partial charge on any atom is 0.203 e. The highest BCUT2D eigenvalue weighted by Gasteiger charge is 2.12. The number of halogens is 1. The van der Waals surface area contributed by atoms with Gasteiger partial charge in [0.15, 0.2) is 0 Å². The maximum absolute atomic E-state index is 6.14. The quantitative estimate of drug-likeness (QED) is 0.820. The first-order chi connectivity index (χ1) is 7.63. The lowest BCUT2D eigenvalue weighted by Gasteiger charge is -2.08. The molecule has 1 aromatic carbocycles. The van der Waals surface area contributed by atoms with Gasteiger partial charge in [-0.25, -0.2) is 4.98 Å². The molecular formula is C12H15ClN2O. The van der Waals surface area contributed by atoms with Crippen molar-refractivity contribution in [2.45, 2.75) is 20.4 Å². The van der Waals surface area contributed by atoms with Crippen molar-refractivity contribution in [2.24, 2.45) is 5.92 Å². The third kappa shape index (κ3) is 1.87. The van der Waals surface area contributed by atoms with Crippen molar-refractivity contribution < 1.29 is 4.74 Å². The molecular weight excluding hydrogens is 224 g/mol. The minimum atomic E-state index is 0.521. The van der Waals surface area contributed by atoms with Gasteiger partial charge in [0.25, 0.3) is 0 Å². The minimum Gasteiger partial charge on any atom is -0.494 e. The number of ether oxygens (including phenoxy) is 1. The molecule has 0 N–H and O–H groups in total. The summed E-state index contributed by atoms with van der Waals surface area (Å²) in [6.45, 7) is 5.17. The fourth-order valence-corrected chi connectivity index (χ4v) is 2.04. The maximum atomic E-state index is 6.14. The average Bonchev–Trinajstić information content (AvgIpc) is 2.55. The highest BCUT2D eigenvalue weighted by Crippen LogP contribution is 2.28. The highest BCUT2D eigenvalue weighted by molar-refractivity contribution is 6.29. The largest absolute Gasteiger partial charge is 0.494 e. The van der Waals surface area contributed by atoms with Crippen molar-refractivity contribution >= 4 is 22.6 Å². The normalized spacial score (nSPS) is 11.3. The van der Waals surface area contributed by atoms with Gasteiger partial charge in [0.05, 0.1) is 12.6 Å². The van der Waals surface area contributed by atoms with Gasteiger partial charge in [0.1, 0.15) is 11.3 Å². The van der Waals surface area contributed by atoms with E-state index < -0.39 is 0 Å². The Labute approximate surface area is 100.0 Å². The number of imidazole rings is 1. The molecule has 0 aliphatic rings. The van der Waals surface area contributed by atoms with Gasteiger partial charge in [-0.1, -0.05) is 19.9 Å². The number of fused-ring (bicyclic) bond motifs is 1. The second kappa shape index (κ2) is 4.34. The lowest BCUT2D eigenvalue weighted by Crippen LogP contribution is -2.04. The molecule has 1 heterocycles. The van der Waals surface area contributed by atoms with Crippen molar-refractivity contribution in [3.05, 3.63) is 23.5 Å². The Kier molecular flexibility index (Phi) is 3.06. The lowest BCUT2D eigenvalue weighted by atomic mass is 10.2. The van der Waals surface area contributed by atoms with E-state index in [0.29, 0.717) is 11.2 Å². The molecule has 0 fully saturated rings. The van der Waals surface area contributed by atoms with Crippen LogP contribution in [0.25, 0.3) is 11.0 Å². The predicted molar refractivity (Wildman–Crippen MR) is 66.1 cm³/mol. The van der Waals surface area contributed by atoms with Crippen molar-refractivity contribution in [3.8, 4) is 5.75 Å². The number of para-hydroxylation sites is 1. The Balaban J connectivity index is 2.61.